The van der Waals surface area contributed by atoms with Crippen LogP contribution in [0.15, 0.2) is 57.8 Å². The molecule has 0 atom stereocenters. The first-order valence-corrected chi connectivity index (χ1v) is 10.6. The van der Waals surface area contributed by atoms with Crippen LogP contribution in [-0.2, 0) is 10.0 Å². The molecule has 0 saturated carbocycles. The summed E-state index contributed by atoms with van der Waals surface area (Å²) in [6, 6.07) is 15.5. The number of piperazine rings is 1. The number of nitrogens with zero attached hydrogens (tertiary/aromatic N) is 4. The van der Waals surface area contributed by atoms with E-state index in [1.54, 1.807) is 6.07 Å². The number of hydrogen-bond donors (Lipinski definition) is 0. The molecule has 3 aromatic rings. The molecule has 0 amide bonds. The van der Waals surface area contributed by atoms with Crippen LogP contribution in [0.3, 0.4) is 0 Å². The van der Waals surface area contributed by atoms with Crippen LogP contribution >= 0.6 is 0 Å². The maximum absolute atomic E-state index is 13.0. The van der Waals surface area contributed by atoms with Gasteiger partial charge >= 0.3 is 6.01 Å². The van der Waals surface area contributed by atoms with Gasteiger partial charge in [0.2, 0.25) is 15.9 Å². The van der Waals surface area contributed by atoms with Gasteiger partial charge in [-0.1, -0.05) is 35.4 Å². The van der Waals surface area contributed by atoms with Gasteiger partial charge < -0.3 is 9.32 Å². The number of aryl methyl sites for hydroxylation is 2. The Morgan fingerprint density at radius 2 is 1.64 bits per heavy atom. The van der Waals surface area contributed by atoms with Crippen LogP contribution in [0.1, 0.15) is 11.1 Å². The minimum absolute atomic E-state index is 0.374. The third kappa shape index (κ3) is 3.53. The number of aromatic nitrogens is 2. The zero-order chi connectivity index (χ0) is 19.7. The zero-order valence-electron chi connectivity index (χ0n) is 15.9. The molecule has 8 heteroatoms. The van der Waals surface area contributed by atoms with E-state index >= 15 is 0 Å². The first-order chi connectivity index (χ1) is 13.4. The molecule has 0 bridgehead atoms. The van der Waals surface area contributed by atoms with Crippen LogP contribution < -0.4 is 4.90 Å². The van der Waals surface area contributed by atoms with Gasteiger partial charge in [0.05, 0.1) is 4.90 Å². The van der Waals surface area contributed by atoms with E-state index in [1.165, 1.54) is 4.31 Å². The molecule has 1 aromatic heterocycles. The Balaban J connectivity index is 1.48. The summed E-state index contributed by atoms with van der Waals surface area (Å²) in [4.78, 5) is 2.30. The van der Waals surface area contributed by atoms with Crippen LogP contribution in [0.5, 0.6) is 0 Å². The number of sulfonamides is 1. The highest BCUT2D eigenvalue weighted by atomic mass is 32.2. The predicted octanol–water partition coefficient (Wildman–Crippen LogP) is 2.86. The molecule has 7 nitrogen and oxygen atoms in total. The van der Waals surface area contributed by atoms with Gasteiger partial charge in [-0.05, 0) is 43.2 Å². The summed E-state index contributed by atoms with van der Waals surface area (Å²) < 4.78 is 33.4. The van der Waals surface area contributed by atoms with E-state index in [1.807, 2.05) is 61.2 Å². The maximum atomic E-state index is 13.0. The molecule has 1 saturated heterocycles. The van der Waals surface area contributed by atoms with Crippen molar-refractivity contribution in [3.05, 3.63) is 59.7 Å². The van der Waals surface area contributed by atoms with E-state index in [0.717, 1.165) is 16.7 Å². The summed E-state index contributed by atoms with van der Waals surface area (Å²) in [6.45, 7) is 5.47. The van der Waals surface area contributed by atoms with E-state index in [2.05, 4.69) is 10.2 Å². The Morgan fingerprint density at radius 3 is 2.36 bits per heavy atom. The standard InChI is InChI=1S/C20H22N4O3S/c1-15-8-9-16(2)18(14-15)28(25,26)24-12-10-23(11-13-24)20-22-21-19(27-20)17-6-4-3-5-7-17/h3-9,14H,10-13H2,1-2H3. The maximum Gasteiger partial charge on any atom is 0.318 e. The Labute approximate surface area is 164 Å². The van der Waals surface area contributed by atoms with Crippen molar-refractivity contribution >= 4 is 16.0 Å². The molecule has 1 aliphatic rings. The van der Waals surface area contributed by atoms with Crippen molar-refractivity contribution in [2.75, 3.05) is 31.1 Å². The predicted molar refractivity (Wildman–Crippen MR) is 107 cm³/mol. The average molecular weight is 398 g/mol. The van der Waals surface area contributed by atoms with E-state index < -0.39 is 10.0 Å². The quantitative estimate of drug-likeness (QED) is 0.672. The topological polar surface area (TPSA) is 79.5 Å². The monoisotopic (exact) mass is 398 g/mol. The van der Waals surface area contributed by atoms with Crippen molar-refractivity contribution < 1.29 is 12.8 Å². The number of anilines is 1. The first kappa shape index (κ1) is 18.6. The summed E-state index contributed by atoms with van der Waals surface area (Å²) in [5, 5.41) is 8.24. The van der Waals surface area contributed by atoms with Crippen molar-refractivity contribution in [2.24, 2.45) is 0 Å². The summed E-state index contributed by atoms with van der Waals surface area (Å²) in [5.41, 5.74) is 2.55. The highest BCUT2D eigenvalue weighted by molar-refractivity contribution is 7.89. The lowest BCUT2D eigenvalue weighted by Gasteiger charge is -2.33. The molecule has 0 N–H and O–H groups in total. The second-order valence-corrected chi connectivity index (χ2v) is 8.82. The fourth-order valence-corrected chi connectivity index (χ4v) is 5.02. The van der Waals surface area contributed by atoms with Gasteiger partial charge in [0.25, 0.3) is 0 Å². The summed E-state index contributed by atoms with van der Waals surface area (Å²) in [5.74, 6) is 0.459. The van der Waals surface area contributed by atoms with Gasteiger partial charge in [-0.25, -0.2) is 8.42 Å². The van der Waals surface area contributed by atoms with Crippen molar-refractivity contribution in [3.8, 4) is 11.5 Å². The molecule has 0 aliphatic carbocycles. The fourth-order valence-electron chi connectivity index (χ4n) is 3.28. The molecule has 2 heterocycles. The molecule has 4 rings (SSSR count). The molecule has 146 valence electrons. The van der Waals surface area contributed by atoms with Crippen LogP contribution in [0.25, 0.3) is 11.5 Å². The number of benzene rings is 2. The van der Waals surface area contributed by atoms with Crippen molar-refractivity contribution in [2.45, 2.75) is 18.7 Å². The lowest BCUT2D eigenvalue weighted by molar-refractivity contribution is 0.372. The van der Waals surface area contributed by atoms with Gasteiger partial charge in [0.15, 0.2) is 0 Å². The molecule has 1 fully saturated rings. The van der Waals surface area contributed by atoms with Gasteiger partial charge in [0, 0.05) is 31.7 Å². The molecule has 0 radical (unpaired) electrons. The normalized spacial score (nSPS) is 15.7. The Kier molecular flexibility index (Phi) is 4.91. The van der Waals surface area contributed by atoms with E-state index in [4.69, 9.17) is 4.42 Å². The fraction of sp³-hybridized carbons (Fsp3) is 0.300. The van der Waals surface area contributed by atoms with Crippen molar-refractivity contribution in [1.29, 1.82) is 0 Å². The zero-order valence-corrected chi connectivity index (χ0v) is 16.7. The smallest absolute Gasteiger partial charge is 0.318 e. The molecular weight excluding hydrogens is 376 g/mol. The van der Waals surface area contributed by atoms with Crippen molar-refractivity contribution in [3.63, 3.8) is 0 Å². The average Bonchev–Trinajstić information content (AvgIpc) is 3.21. The van der Waals surface area contributed by atoms with E-state index in [-0.39, 0.29) is 0 Å². The third-order valence-corrected chi connectivity index (χ3v) is 6.95. The lowest BCUT2D eigenvalue weighted by atomic mass is 10.2. The molecule has 0 unspecified atom stereocenters. The van der Waals surface area contributed by atoms with Crippen LogP contribution in [0.4, 0.5) is 6.01 Å². The Morgan fingerprint density at radius 1 is 0.929 bits per heavy atom. The highest BCUT2D eigenvalue weighted by Gasteiger charge is 2.31. The van der Waals surface area contributed by atoms with Gasteiger partial charge in [-0.2, -0.15) is 4.31 Å². The number of hydrogen-bond acceptors (Lipinski definition) is 6. The summed E-state index contributed by atoms with van der Waals surface area (Å²) >= 11 is 0. The van der Waals surface area contributed by atoms with Crippen LogP contribution in [0.2, 0.25) is 0 Å². The summed E-state index contributed by atoms with van der Waals surface area (Å²) in [6.07, 6.45) is 0. The minimum Gasteiger partial charge on any atom is -0.403 e. The van der Waals surface area contributed by atoms with Crippen LogP contribution in [-0.4, -0.2) is 49.1 Å². The Hall–Kier alpha value is -2.71. The van der Waals surface area contributed by atoms with E-state index in [9.17, 15) is 8.42 Å². The van der Waals surface area contributed by atoms with Crippen LogP contribution in [0, 0.1) is 13.8 Å². The second-order valence-electron chi connectivity index (χ2n) is 6.92. The molecule has 2 aromatic carbocycles. The van der Waals surface area contributed by atoms with Gasteiger partial charge in [-0.15, -0.1) is 5.10 Å². The lowest BCUT2D eigenvalue weighted by Crippen LogP contribution is -2.48. The SMILES string of the molecule is Cc1ccc(C)c(S(=O)(=O)N2CCN(c3nnc(-c4ccccc4)o3)CC2)c1. The number of rotatable bonds is 4. The second kappa shape index (κ2) is 7.37. The van der Waals surface area contributed by atoms with Gasteiger partial charge in [-0.3, -0.25) is 0 Å². The third-order valence-electron chi connectivity index (χ3n) is 4.91. The van der Waals surface area contributed by atoms with Crippen molar-refractivity contribution in [1.82, 2.24) is 14.5 Å². The first-order valence-electron chi connectivity index (χ1n) is 9.16. The van der Waals surface area contributed by atoms with E-state index in [0.29, 0.717) is 43.0 Å². The molecule has 28 heavy (non-hydrogen) atoms. The molecular formula is C20H22N4O3S. The molecule has 0 spiro atoms. The van der Waals surface area contributed by atoms with Gasteiger partial charge in [0.1, 0.15) is 0 Å². The largest absolute Gasteiger partial charge is 0.403 e. The highest BCUT2D eigenvalue weighted by Crippen LogP contribution is 2.25. The summed E-state index contributed by atoms with van der Waals surface area (Å²) in [7, 11) is -3.52. The minimum atomic E-state index is -3.52. The Bertz CT molecular complexity index is 1070. The molecule has 1 aliphatic heterocycles.